The van der Waals surface area contributed by atoms with E-state index in [1.54, 1.807) is 17.3 Å². The Morgan fingerprint density at radius 2 is 1.71 bits per heavy atom. The summed E-state index contributed by atoms with van der Waals surface area (Å²) in [6.07, 6.45) is 10.6. The molecule has 0 radical (unpaired) electrons. The van der Waals surface area contributed by atoms with Crippen LogP contribution in [0.2, 0.25) is 0 Å². The van der Waals surface area contributed by atoms with E-state index in [0.29, 0.717) is 18.9 Å². The van der Waals surface area contributed by atoms with Crippen LogP contribution in [0.1, 0.15) is 77.5 Å². The summed E-state index contributed by atoms with van der Waals surface area (Å²) in [4.78, 5) is 46.0. The van der Waals surface area contributed by atoms with Gasteiger partial charge in [0.1, 0.15) is 17.0 Å². The number of rotatable bonds is 5. The Kier molecular flexibility index (Phi) is 6.22. The van der Waals surface area contributed by atoms with E-state index in [1.807, 2.05) is 40.4 Å². The van der Waals surface area contributed by atoms with Crippen LogP contribution in [0, 0.1) is 0 Å². The molecule has 2 fully saturated rings. The second-order valence-electron chi connectivity index (χ2n) is 9.41. The fraction of sp³-hybridized carbons (Fsp3) is 0.462. The van der Waals surface area contributed by atoms with Crippen molar-refractivity contribution in [1.82, 2.24) is 24.3 Å². The number of nitrogens with one attached hydrogen (secondary N) is 1. The summed E-state index contributed by atoms with van der Waals surface area (Å²) < 4.78 is 3.87. The lowest BCUT2D eigenvalue weighted by molar-refractivity contribution is 0.0790. The predicted octanol–water partition coefficient (Wildman–Crippen LogP) is 3.41. The Hall–Kier alpha value is -3.42. The highest BCUT2D eigenvalue weighted by molar-refractivity contribution is 5.99. The molecule has 1 saturated carbocycles. The van der Waals surface area contributed by atoms with E-state index in [1.165, 1.54) is 6.42 Å². The second-order valence-corrected chi connectivity index (χ2v) is 9.41. The molecule has 0 spiro atoms. The van der Waals surface area contributed by atoms with Crippen LogP contribution in [0.5, 0.6) is 0 Å². The fourth-order valence-corrected chi connectivity index (χ4v) is 5.20. The number of nitrogens with zero attached hydrogens (tertiary/aromatic N) is 4. The van der Waals surface area contributed by atoms with Crippen molar-refractivity contribution >= 4 is 22.8 Å². The van der Waals surface area contributed by atoms with Gasteiger partial charge in [-0.2, -0.15) is 0 Å². The number of imidazole rings is 1. The number of carbonyl (C=O) groups excluding carboxylic acids is 2. The predicted molar refractivity (Wildman–Crippen MR) is 130 cm³/mol. The number of pyridine rings is 1. The molecule has 3 aromatic rings. The molecular weight excluding hydrogens is 430 g/mol. The van der Waals surface area contributed by atoms with Crippen molar-refractivity contribution in [2.45, 2.75) is 57.5 Å². The van der Waals surface area contributed by atoms with Crippen molar-refractivity contribution in [3.63, 3.8) is 0 Å². The number of aryl methyl sites for hydroxylation is 1. The molecule has 0 atom stereocenters. The molecule has 1 saturated heterocycles. The van der Waals surface area contributed by atoms with Crippen molar-refractivity contribution in [1.29, 1.82) is 0 Å². The first-order valence-electron chi connectivity index (χ1n) is 12.3. The highest BCUT2D eigenvalue weighted by atomic mass is 16.2. The third kappa shape index (κ3) is 4.24. The lowest BCUT2D eigenvalue weighted by Gasteiger charge is -2.26. The summed E-state index contributed by atoms with van der Waals surface area (Å²) >= 11 is 0. The molecular formula is C26H31N5O3. The molecule has 1 aliphatic carbocycles. The van der Waals surface area contributed by atoms with E-state index in [-0.39, 0.29) is 29.6 Å². The van der Waals surface area contributed by atoms with Gasteiger partial charge in [-0.15, -0.1) is 0 Å². The van der Waals surface area contributed by atoms with E-state index >= 15 is 0 Å². The lowest BCUT2D eigenvalue weighted by atomic mass is 9.95. The number of likely N-dealkylation sites (tertiary alicyclic amines) is 1. The SMILES string of the molecule is Cn1c(CNC(=O)c2cn(C3CCCCC3)cc(C(=O)N3CCCC3)c2=O)nc2ccccc21. The number of fused-ring (bicyclic) bond motifs is 1. The largest absolute Gasteiger partial charge is 0.349 e. The molecule has 178 valence electrons. The molecule has 8 nitrogen and oxygen atoms in total. The van der Waals surface area contributed by atoms with Crippen molar-refractivity contribution < 1.29 is 9.59 Å². The molecule has 2 aromatic heterocycles. The Balaban J connectivity index is 1.45. The van der Waals surface area contributed by atoms with Crippen LogP contribution in [0.25, 0.3) is 11.0 Å². The summed E-state index contributed by atoms with van der Waals surface area (Å²) in [6, 6.07) is 7.98. The van der Waals surface area contributed by atoms with Gasteiger partial charge in [-0.25, -0.2) is 4.98 Å². The summed E-state index contributed by atoms with van der Waals surface area (Å²) in [5.74, 6) is -0.0406. The van der Waals surface area contributed by atoms with Gasteiger partial charge in [0.25, 0.3) is 11.8 Å². The maximum absolute atomic E-state index is 13.3. The smallest absolute Gasteiger partial charge is 0.259 e. The average molecular weight is 462 g/mol. The average Bonchev–Trinajstić information content (AvgIpc) is 3.52. The molecule has 5 rings (SSSR count). The van der Waals surface area contributed by atoms with E-state index in [2.05, 4.69) is 10.3 Å². The van der Waals surface area contributed by atoms with Crippen LogP contribution in [0.3, 0.4) is 0 Å². The van der Waals surface area contributed by atoms with E-state index in [0.717, 1.165) is 49.6 Å². The number of carbonyl (C=O) groups is 2. The van der Waals surface area contributed by atoms with Gasteiger partial charge in [-0.1, -0.05) is 31.4 Å². The third-order valence-corrected chi connectivity index (χ3v) is 7.20. The molecule has 1 aliphatic heterocycles. The molecule has 1 aromatic carbocycles. The maximum atomic E-state index is 13.3. The lowest BCUT2D eigenvalue weighted by Crippen LogP contribution is -2.37. The van der Waals surface area contributed by atoms with Gasteiger partial charge in [-0.3, -0.25) is 14.4 Å². The van der Waals surface area contributed by atoms with Crippen molar-refractivity contribution in [3.05, 3.63) is 63.8 Å². The Morgan fingerprint density at radius 3 is 2.44 bits per heavy atom. The van der Waals surface area contributed by atoms with Gasteiger partial charge in [-0.05, 0) is 37.8 Å². The van der Waals surface area contributed by atoms with Gasteiger partial charge in [0.2, 0.25) is 5.43 Å². The van der Waals surface area contributed by atoms with Crippen LogP contribution in [-0.2, 0) is 13.6 Å². The zero-order valence-corrected chi connectivity index (χ0v) is 19.6. The van der Waals surface area contributed by atoms with Crippen molar-refractivity contribution in [2.75, 3.05) is 13.1 Å². The van der Waals surface area contributed by atoms with Gasteiger partial charge >= 0.3 is 0 Å². The third-order valence-electron chi connectivity index (χ3n) is 7.20. The molecule has 3 heterocycles. The molecule has 8 heteroatoms. The summed E-state index contributed by atoms with van der Waals surface area (Å²) in [6.45, 7) is 1.51. The van der Waals surface area contributed by atoms with Crippen LogP contribution in [-0.4, -0.2) is 43.9 Å². The maximum Gasteiger partial charge on any atom is 0.259 e. The normalized spacial score (nSPS) is 16.8. The number of aromatic nitrogens is 3. The Bertz CT molecular complexity index is 1280. The van der Waals surface area contributed by atoms with E-state index in [9.17, 15) is 14.4 Å². The fourth-order valence-electron chi connectivity index (χ4n) is 5.20. The number of benzene rings is 1. The first-order valence-corrected chi connectivity index (χ1v) is 12.3. The number of hydrogen-bond donors (Lipinski definition) is 1. The number of para-hydroxylation sites is 2. The highest BCUT2D eigenvalue weighted by Gasteiger charge is 2.27. The first kappa shape index (κ1) is 22.4. The summed E-state index contributed by atoms with van der Waals surface area (Å²) in [7, 11) is 1.90. The van der Waals surface area contributed by atoms with Gasteiger partial charge in [0.05, 0.1) is 17.6 Å². The zero-order chi connectivity index (χ0) is 23.7. The van der Waals surface area contributed by atoms with E-state index < -0.39 is 11.3 Å². The standard InChI is InChI=1S/C26H31N5O3/c1-29-22-12-6-5-11-21(22)28-23(29)15-27-25(33)19-16-31(18-9-3-2-4-10-18)17-20(24(19)32)26(34)30-13-7-8-14-30/h5-6,11-12,16-18H,2-4,7-10,13-15H2,1H3,(H,27,33). The Morgan fingerprint density at radius 1 is 1.00 bits per heavy atom. The highest BCUT2D eigenvalue weighted by Crippen LogP contribution is 2.28. The number of amides is 2. The van der Waals surface area contributed by atoms with Crippen LogP contribution < -0.4 is 10.7 Å². The first-order chi connectivity index (χ1) is 16.5. The molecule has 0 bridgehead atoms. The van der Waals surface area contributed by atoms with Crippen molar-refractivity contribution in [3.8, 4) is 0 Å². The summed E-state index contributed by atoms with van der Waals surface area (Å²) in [5.41, 5.74) is 1.46. The Labute approximate surface area is 198 Å². The molecule has 1 N–H and O–H groups in total. The molecule has 0 unspecified atom stereocenters. The number of hydrogen-bond acceptors (Lipinski definition) is 4. The van der Waals surface area contributed by atoms with Crippen molar-refractivity contribution in [2.24, 2.45) is 7.05 Å². The monoisotopic (exact) mass is 461 g/mol. The molecule has 2 amide bonds. The zero-order valence-electron chi connectivity index (χ0n) is 19.6. The topological polar surface area (TPSA) is 89.2 Å². The van der Waals surface area contributed by atoms with Gasteiger partial charge in [0, 0.05) is 38.6 Å². The molecule has 34 heavy (non-hydrogen) atoms. The molecule has 2 aliphatic rings. The quantitative estimate of drug-likeness (QED) is 0.631. The minimum atomic E-state index is -0.494. The van der Waals surface area contributed by atoms with E-state index in [4.69, 9.17) is 0 Å². The van der Waals surface area contributed by atoms with Gasteiger partial charge < -0.3 is 19.4 Å². The summed E-state index contributed by atoms with van der Waals surface area (Å²) in [5, 5.41) is 2.86. The van der Waals surface area contributed by atoms with Gasteiger partial charge in [0.15, 0.2) is 0 Å². The minimum absolute atomic E-state index is 0.0226. The van der Waals surface area contributed by atoms with Crippen LogP contribution >= 0.6 is 0 Å². The second kappa shape index (κ2) is 9.44. The minimum Gasteiger partial charge on any atom is -0.349 e. The van der Waals surface area contributed by atoms with Crippen LogP contribution in [0.15, 0.2) is 41.5 Å². The van der Waals surface area contributed by atoms with Crippen LogP contribution in [0.4, 0.5) is 0 Å².